The van der Waals surface area contributed by atoms with Crippen molar-refractivity contribution in [1.29, 1.82) is 0 Å². The molecule has 0 aliphatic heterocycles. The molecule has 0 bridgehead atoms. The quantitative estimate of drug-likeness (QED) is 0.560. The summed E-state index contributed by atoms with van der Waals surface area (Å²) in [5.74, 6) is 0.698. The van der Waals surface area contributed by atoms with Crippen LogP contribution >= 0.6 is 9.47 Å². The molecule has 0 fully saturated rings. The van der Waals surface area contributed by atoms with Crippen LogP contribution in [0.15, 0.2) is 47.4 Å². The van der Waals surface area contributed by atoms with E-state index in [-0.39, 0.29) is 41.6 Å². The molecule has 2 aromatic rings. The molecule has 0 aliphatic rings. The van der Waals surface area contributed by atoms with Gasteiger partial charge in [0.25, 0.3) is 0 Å². The fourth-order valence-electron chi connectivity index (χ4n) is 2.05. The molecular weight excluding hydrogens is 334 g/mol. The summed E-state index contributed by atoms with van der Waals surface area (Å²) in [7, 11) is 0.742. The minimum absolute atomic E-state index is 0. The van der Waals surface area contributed by atoms with Crippen molar-refractivity contribution < 1.29 is 52.8 Å². The first-order valence-electron chi connectivity index (χ1n) is 5.99. The van der Waals surface area contributed by atoms with Crippen LogP contribution in [0.1, 0.15) is 1.43 Å². The van der Waals surface area contributed by atoms with Crippen LogP contribution in [0, 0.1) is 0 Å². The van der Waals surface area contributed by atoms with Crippen molar-refractivity contribution in [3.05, 3.63) is 42.5 Å². The third-order valence-corrected chi connectivity index (χ3v) is 4.84. The summed E-state index contributed by atoms with van der Waals surface area (Å²) in [6, 6.07) is 12.2. The molecule has 2 rings (SSSR count). The Morgan fingerprint density at radius 3 is 2.14 bits per heavy atom. The number of hydrogen-bond acceptors (Lipinski definition) is 5. The van der Waals surface area contributed by atoms with Crippen molar-refractivity contribution in [1.82, 2.24) is 0 Å². The van der Waals surface area contributed by atoms with Gasteiger partial charge in [-0.1, -0.05) is 30.3 Å². The number of benzene rings is 2. The van der Waals surface area contributed by atoms with E-state index in [1.54, 1.807) is 15.5 Å². The van der Waals surface area contributed by atoms with Crippen LogP contribution in [0.2, 0.25) is 0 Å². The topological polar surface area (TPSA) is 61.8 Å². The first-order chi connectivity index (χ1) is 10.0. The Morgan fingerprint density at radius 2 is 1.64 bits per heavy atom. The van der Waals surface area contributed by atoms with Gasteiger partial charge in [0, 0.05) is 9.47 Å². The standard InChI is InChI=1S/C14H15O5PS.Na.H/c1-17-11-8-9-12(21(15,16)19-20)14(18-2)13(11)10-6-4-3-5-7-10;;/h3-9H,20H2,1-2H3;;/q;+1;-1. The molecule has 1 atom stereocenters. The van der Waals surface area contributed by atoms with E-state index in [2.05, 4.69) is 3.97 Å². The number of rotatable bonds is 5. The molecule has 0 spiro atoms. The average molecular weight is 350 g/mol. The summed E-state index contributed by atoms with van der Waals surface area (Å²) in [4.78, 5) is -0.0559. The summed E-state index contributed by atoms with van der Waals surface area (Å²) in [5.41, 5.74) is 1.34. The van der Waals surface area contributed by atoms with Gasteiger partial charge in [0.15, 0.2) is 5.75 Å². The van der Waals surface area contributed by atoms with Crippen molar-refractivity contribution in [2.75, 3.05) is 14.2 Å². The predicted molar refractivity (Wildman–Crippen MR) is 84.1 cm³/mol. The van der Waals surface area contributed by atoms with E-state index >= 15 is 0 Å². The fourth-order valence-corrected chi connectivity index (χ4v) is 3.11. The van der Waals surface area contributed by atoms with Crippen molar-refractivity contribution in [2.24, 2.45) is 0 Å². The van der Waals surface area contributed by atoms with E-state index in [1.807, 2.05) is 30.3 Å². The zero-order valence-electron chi connectivity index (χ0n) is 13.6. The molecule has 0 radical (unpaired) electrons. The summed E-state index contributed by atoms with van der Waals surface area (Å²) in [6.45, 7) is 0. The van der Waals surface area contributed by atoms with E-state index < -0.39 is 10.1 Å². The Bertz CT molecular complexity index is 740. The molecule has 8 heteroatoms. The fraction of sp³-hybridized carbons (Fsp3) is 0.143. The van der Waals surface area contributed by atoms with E-state index in [4.69, 9.17) is 9.47 Å². The summed E-state index contributed by atoms with van der Waals surface area (Å²) < 4.78 is 39.1. The van der Waals surface area contributed by atoms with Gasteiger partial charge in [0.05, 0.1) is 19.8 Å². The Labute approximate surface area is 156 Å². The van der Waals surface area contributed by atoms with Crippen molar-refractivity contribution in [3.63, 3.8) is 0 Å². The number of methoxy groups -OCH3 is 2. The second-order valence-corrected chi connectivity index (χ2v) is 6.21. The first kappa shape index (κ1) is 19.4. The second-order valence-electron chi connectivity index (χ2n) is 4.09. The zero-order valence-corrected chi connectivity index (χ0v) is 16.5. The minimum atomic E-state index is -3.91. The molecule has 1 unspecified atom stereocenters. The van der Waals surface area contributed by atoms with Crippen molar-refractivity contribution in [2.45, 2.75) is 4.90 Å². The normalized spacial score (nSPS) is 10.7. The van der Waals surface area contributed by atoms with Gasteiger partial charge in [-0.05, 0) is 17.7 Å². The third-order valence-electron chi connectivity index (χ3n) is 2.97. The maximum Gasteiger partial charge on any atom is 1.00 e. The molecule has 0 saturated carbocycles. The predicted octanol–water partition coefficient (Wildman–Crippen LogP) is -0.0173. The number of ether oxygens (including phenoxy) is 2. The van der Waals surface area contributed by atoms with Crippen LogP contribution < -0.4 is 39.0 Å². The largest absolute Gasteiger partial charge is 1.00 e. The van der Waals surface area contributed by atoms with Crippen LogP contribution in [0.5, 0.6) is 11.5 Å². The van der Waals surface area contributed by atoms with Crippen LogP contribution in [-0.4, -0.2) is 22.6 Å². The van der Waals surface area contributed by atoms with E-state index in [9.17, 15) is 8.42 Å². The molecule has 2 aromatic carbocycles. The smallest absolute Gasteiger partial charge is 1.00 e. The van der Waals surface area contributed by atoms with Gasteiger partial charge < -0.3 is 10.9 Å². The Morgan fingerprint density at radius 1 is 1.00 bits per heavy atom. The first-order valence-corrected chi connectivity index (χ1v) is 7.87. The Kier molecular flexibility index (Phi) is 7.32. The van der Waals surface area contributed by atoms with E-state index in [1.165, 1.54) is 20.3 Å². The van der Waals surface area contributed by atoms with Gasteiger partial charge in [-0.3, -0.25) is 3.97 Å². The van der Waals surface area contributed by atoms with Gasteiger partial charge in [0.1, 0.15) is 10.6 Å². The minimum Gasteiger partial charge on any atom is -1.00 e. The Hall–Kier alpha value is -0.620. The molecule has 5 nitrogen and oxygen atoms in total. The molecule has 22 heavy (non-hydrogen) atoms. The number of hydrogen-bond donors (Lipinski definition) is 0. The van der Waals surface area contributed by atoms with Crippen molar-refractivity contribution >= 4 is 19.6 Å². The molecule has 0 aliphatic carbocycles. The van der Waals surface area contributed by atoms with Gasteiger partial charge >= 0.3 is 39.7 Å². The van der Waals surface area contributed by atoms with Crippen LogP contribution in [0.4, 0.5) is 0 Å². The summed E-state index contributed by atoms with van der Waals surface area (Å²) in [5, 5.41) is 0. The van der Waals surface area contributed by atoms with Gasteiger partial charge in [-0.25, -0.2) is 0 Å². The summed E-state index contributed by atoms with van der Waals surface area (Å²) >= 11 is 0. The van der Waals surface area contributed by atoms with Crippen LogP contribution in [-0.2, 0) is 14.1 Å². The molecule has 0 heterocycles. The maximum atomic E-state index is 12.0. The Balaban J connectivity index is 0.00000242. The molecule has 0 amide bonds. The maximum absolute atomic E-state index is 12.0. The SMILES string of the molecule is COc1ccc(S(=O)(=O)OP)c(OC)c1-c1ccccc1.[H-].[Na+]. The van der Waals surface area contributed by atoms with Crippen molar-refractivity contribution in [3.8, 4) is 22.6 Å². The third kappa shape index (κ3) is 3.82. The zero-order chi connectivity index (χ0) is 15.5. The molecular formula is C14H16NaO5PS. The average Bonchev–Trinajstić information content (AvgIpc) is 2.54. The second kappa shape index (κ2) is 8.29. The summed E-state index contributed by atoms with van der Waals surface area (Å²) in [6.07, 6.45) is 0. The molecule has 114 valence electrons. The molecule has 0 N–H and O–H groups in total. The van der Waals surface area contributed by atoms with E-state index in [0.717, 1.165) is 5.56 Å². The van der Waals surface area contributed by atoms with E-state index in [0.29, 0.717) is 11.3 Å². The molecule has 0 saturated heterocycles. The van der Waals surface area contributed by atoms with Gasteiger partial charge in [0.2, 0.25) is 0 Å². The van der Waals surface area contributed by atoms with Crippen LogP contribution in [0.25, 0.3) is 11.1 Å². The van der Waals surface area contributed by atoms with Crippen LogP contribution in [0.3, 0.4) is 0 Å². The van der Waals surface area contributed by atoms with Gasteiger partial charge in [-0.2, -0.15) is 8.42 Å². The molecule has 0 aromatic heterocycles. The van der Waals surface area contributed by atoms with Gasteiger partial charge in [-0.15, -0.1) is 0 Å². The monoisotopic (exact) mass is 350 g/mol.